The van der Waals surface area contributed by atoms with Crippen LogP contribution in [0.4, 0.5) is 0 Å². The number of nitrogens with one attached hydrogen (secondary N) is 1. The zero-order valence-electron chi connectivity index (χ0n) is 11.0. The predicted molar refractivity (Wildman–Crippen MR) is 75.0 cm³/mol. The lowest BCUT2D eigenvalue weighted by Gasteiger charge is -2.10. The van der Waals surface area contributed by atoms with Gasteiger partial charge in [0.15, 0.2) is 0 Å². The second kappa shape index (κ2) is 7.08. The summed E-state index contributed by atoms with van der Waals surface area (Å²) in [6.07, 6.45) is 0. The first-order valence-electron chi connectivity index (χ1n) is 5.36. The lowest BCUT2D eigenvalue weighted by molar-refractivity contribution is -0.139. The molecule has 0 saturated carbocycles. The Morgan fingerprint density at radius 3 is 2.29 bits per heavy atom. The summed E-state index contributed by atoms with van der Waals surface area (Å²) in [6.45, 7) is -0.578. The predicted octanol–water partition coefficient (Wildman–Crippen LogP) is 1.23. The van der Waals surface area contributed by atoms with E-state index in [9.17, 15) is 18.0 Å². The van der Waals surface area contributed by atoms with Gasteiger partial charge in [-0.15, -0.1) is 0 Å². The lowest BCUT2D eigenvalue weighted by atomic mass is 10.2. The highest BCUT2D eigenvalue weighted by Crippen LogP contribution is 2.29. The number of benzene rings is 1. The van der Waals surface area contributed by atoms with Crippen LogP contribution in [0.15, 0.2) is 17.0 Å². The SMILES string of the molecule is COC(=O)CNS(=O)(=O)c1cc(C(=O)OC)c(Cl)cc1Cl. The van der Waals surface area contributed by atoms with Crippen LogP contribution in [0.2, 0.25) is 10.0 Å². The molecule has 0 radical (unpaired) electrons. The molecule has 0 atom stereocenters. The highest BCUT2D eigenvalue weighted by atomic mass is 35.5. The molecule has 0 saturated heterocycles. The van der Waals surface area contributed by atoms with Gasteiger partial charge in [0.25, 0.3) is 0 Å². The summed E-state index contributed by atoms with van der Waals surface area (Å²) in [5.41, 5.74) is -0.165. The van der Waals surface area contributed by atoms with Gasteiger partial charge in [-0.3, -0.25) is 4.79 Å². The van der Waals surface area contributed by atoms with Crippen molar-refractivity contribution < 1.29 is 27.5 Å². The second-order valence-electron chi connectivity index (χ2n) is 3.65. The molecule has 7 nitrogen and oxygen atoms in total. The molecule has 0 bridgehead atoms. The first-order valence-corrected chi connectivity index (χ1v) is 7.60. The maximum absolute atomic E-state index is 12.0. The zero-order chi connectivity index (χ0) is 16.2. The van der Waals surface area contributed by atoms with E-state index in [1.54, 1.807) is 0 Å². The highest BCUT2D eigenvalue weighted by Gasteiger charge is 2.23. The van der Waals surface area contributed by atoms with Gasteiger partial charge < -0.3 is 9.47 Å². The monoisotopic (exact) mass is 355 g/mol. The molecule has 0 fully saturated rings. The lowest BCUT2D eigenvalue weighted by Crippen LogP contribution is -2.30. The van der Waals surface area contributed by atoms with E-state index in [2.05, 4.69) is 9.47 Å². The minimum atomic E-state index is -4.13. The smallest absolute Gasteiger partial charge is 0.339 e. The summed E-state index contributed by atoms with van der Waals surface area (Å²) < 4.78 is 34.9. The minimum Gasteiger partial charge on any atom is -0.468 e. The standard InChI is InChI=1S/C11H11Cl2NO6S/c1-19-10(15)5-14-21(17,18)9-3-6(11(16)20-2)7(12)4-8(9)13/h3-4,14H,5H2,1-2H3. The topological polar surface area (TPSA) is 98.8 Å². The highest BCUT2D eigenvalue weighted by molar-refractivity contribution is 7.89. The van der Waals surface area contributed by atoms with E-state index >= 15 is 0 Å². The van der Waals surface area contributed by atoms with Crippen LogP contribution < -0.4 is 4.72 Å². The fourth-order valence-corrected chi connectivity index (χ4v) is 3.12. The quantitative estimate of drug-likeness (QED) is 0.797. The molecule has 1 aromatic rings. The maximum Gasteiger partial charge on any atom is 0.339 e. The molecule has 0 spiro atoms. The van der Waals surface area contributed by atoms with Gasteiger partial charge in [0.2, 0.25) is 10.0 Å². The molecule has 0 aliphatic heterocycles. The third-order valence-corrected chi connectivity index (χ3v) is 4.53. The summed E-state index contributed by atoms with van der Waals surface area (Å²) >= 11 is 11.6. The Labute approximate surface area is 131 Å². The van der Waals surface area contributed by atoms with Gasteiger partial charge in [0.05, 0.1) is 29.8 Å². The first kappa shape index (κ1) is 17.7. The fourth-order valence-electron chi connectivity index (χ4n) is 1.31. The van der Waals surface area contributed by atoms with Crippen molar-refractivity contribution in [2.45, 2.75) is 4.90 Å². The van der Waals surface area contributed by atoms with Crippen LogP contribution in [0.3, 0.4) is 0 Å². The number of hydrogen-bond acceptors (Lipinski definition) is 6. The third kappa shape index (κ3) is 4.31. The molecule has 0 heterocycles. The average Bonchev–Trinajstić information content (AvgIpc) is 2.43. The van der Waals surface area contributed by atoms with Gasteiger partial charge in [-0.05, 0) is 12.1 Å². The zero-order valence-corrected chi connectivity index (χ0v) is 13.3. The molecule has 1 aromatic carbocycles. The molecular weight excluding hydrogens is 345 g/mol. The number of esters is 2. The number of ether oxygens (including phenoxy) is 2. The number of halogens is 2. The van der Waals surface area contributed by atoms with Crippen molar-refractivity contribution in [3.8, 4) is 0 Å². The molecule has 10 heteroatoms. The number of methoxy groups -OCH3 is 2. The van der Waals surface area contributed by atoms with E-state index < -0.39 is 33.4 Å². The van der Waals surface area contributed by atoms with Crippen molar-refractivity contribution in [3.05, 3.63) is 27.7 Å². The van der Waals surface area contributed by atoms with Crippen LogP contribution in [0.5, 0.6) is 0 Å². The molecule has 0 aliphatic carbocycles. The van der Waals surface area contributed by atoms with Gasteiger partial charge in [0, 0.05) is 0 Å². The van der Waals surface area contributed by atoms with Crippen LogP contribution >= 0.6 is 23.2 Å². The number of rotatable bonds is 5. The Bertz CT molecular complexity index is 674. The summed E-state index contributed by atoms with van der Waals surface area (Å²) in [5.74, 6) is -1.60. The van der Waals surface area contributed by atoms with Crippen LogP contribution in [0.25, 0.3) is 0 Å². The minimum absolute atomic E-state index is 0.0567. The van der Waals surface area contributed by atoms with Crippen molar-refractivity contribution in [2.75, 3.05) is 20.8 Å². The van der Waals surface area contributed by atoms with E-state index in [4.69, 9.17) is 23.2 Å². The van der Waals surface area contributed by atoms with Crippen molar-refractivity contribution in [1.29, 1.82) is 0 Å². The number of carbonyl (C=O) groups is 2. The second-order valence-corrected chi connectivity index (χ2v) is 6.20. The summed E-state index contributed by atoms with van der Waals surface area (Å²) in [7, 11) is -1.89. The van der Waals surface area contributed by atoms with Crippen LogP contribution in [0, 0.1) is 0 Å². The molecule has 1 N–H and O–H groups in total. The maximum atomic E-state index is 12.0. The summed E-state index contributed by atoms with van der Waals surface area (Å²) in [4.78, 5) is 22.1. The number of carbonyl (C=O) groups excluding carboxylic acids is 2. The van der Waals surface area contributed by atoms with Gasteiger partial charge in [-0.1, -0.05) is 23.2 Å². The Kier molecular flexibility index (Phi) is 5.97. The van der Waals surface area contributed by atoms with Crippen molar-refractivity contribution in [1.82, 2.24) is 4.72 Å². The first-order chi connectivity index (χ1) is 9.72. The Hall–Kier alpha value is -1.35. The van der Waals surface area contributed by atoms with E-state index in [-0.39, 0.29) is 15.6 Å². The van der Waals surface area contributed by atoms with Crippen molar-refractivity contribution in [3.63, 3.8) is 0 Å². The third-order valence-electron chi connectivity index (χ3n) is 2.35. The largest absolute Gasteiger partial charge is 0.468 e. The van der Waals surface area contributed by atoms with E-state index in [0.717, 1.165) is 26.4 Å². The molecule has 0 unspecified atom stereocenters. The number of sulfonamides is 1. The van der Waals surface area contributed by atoms with Gasteiger partial charge in [-0.2, -0.15) is 4.72 Å². The van der Waals surface area contributed by atoms with Gasteiger partial charge >= 0.3 is 11.9 Å². The molecule has 0 amide bonds. The van der Waals surface area contributed by atoms with Crippen molar-refractivity contribution >= 4 is 45.2 Å². The Balaban J connectivity index is 3.23. The molecule has 0 aromatic heterocycles. The van der Waals surface area contributed by atoms with E-state index in [1.165, 1.54) is 0 Å². The average molecular weight is 356 g/mol. The normalized spacial score (nSPS) is 11.0. The van der Waals surface area contributed by atoms with Gasteiger partial charge in [0.1, 0.15) is 11.4 Å². The summed E-state index contributed by atoms with van der Waals surface area (Å²) in [5, 5.41) is -0.260. The fraction of sp³-hybridized carbons (Fsp3) is 0.273. The van der Waals surface area contributed by atoms with Crippen LogP contribution in [0.1, 0.15) is 10.4 Å². The molecule has 1 rings (SSSR count). The van der Waals surface area contributed by atoms with Gasteiger partial charge in [-0.25, -0.2) is 13.2 Å². The molecule has 116 valence electrons. The van der Waals surface area contributed by atoms with E-state index in [1.807, 2.05) is 4.72 Å². The Morgan fingerprint density at radius 2 is 1.76 bits per heavy atom. The van der Waals surface area contributed by atoms with Crippen LogP contribution in [-0.2, 0) is 24.3 Å². The van der Waals surface area contributed by atoms with E-state index in [0.29, 0.717) is 0 Å². The molecular formula is C11H11Cl2NO6S. The van der Waals surface area contributed by atoms with Crippen LogP contribution in [-0.4, -0.2) is 41.1 Å². The molecule has 0 aliphatic rings. The summed E-state index contributed by atoms with van der Waals surface area (Å²) in [6, 6.07) is 2.07. The number of hydrogen-bond donors (Lipinski definition) is 1. The Morgan fingerprint density at radius 1 is 1.14 bits per heavy atom. The van der Waals surface area contributed by atoms with Crippen molar-refractivity contribution in [2.24, 2.45) is 0 Å². The molecule has 21 heavy (non-hydrogen) atoms.